The highest BCUT2D eigenvalue weighted by Gasteiger charge is 2.28. The van der Waals surface area contributed by atoms with Crippen molar-refractivity contribution in [3.8, 4) is 0 Å². The highest BCUT2D eigenvalue weighted by molar-refractivity contribution is 5.91. The highest BCUT2D eigenvalue weighted by Crippen LogP contribution is 2.13. The lowest BCUT2D eigenvalue weighted by Crippen LogP contribution is -2.30. The molecule has 0 aliphatic rings. The molecule has 1 aromatic heterocycles. The molecule has 0 aliphatic heterocycles. The zero-order valence-corrected chi connectivity index (χ0v) is 7.71. The summed E-state index contributed by atoms with van der Waals surface area (Å²) in [7, 11) is 1.48. The van der Waals surface area contributed by atoms with Crippen LogP contribution in [0.15, 0.2) is 12.3 Å². The summed E-state index contributed by atoms with van der Waals surface area (Å²) in [6.07, 6.45) is -3.13. The molecule has 0 unspecified atom stereocenters. The van der Waals surface area contributed by atoms with Crippen molar-refractivity contribution in [3.05, 3.63) is 18.0 Å². The topological polar surface area (TPSA) is 56.2 Å². The number of aromatic nitrogens is 2. The SMILES string of the molecule is Cn1nccc1C(=O)NOCC(F)(F)F. The Balaban J connectivity index is 2.41. The molecule has 0 bridgehead atoms. The molecule has 1 heterocycles. The standard InChI is InChI=1S/C7H8F3N3O2/c1-13-5(2-3-11-13)6(14)12-15-4-7(8,9)10/h2-3H,4H2,1H3,(H,12,14). The minimum atomic E-state index is -4.47. The lowest BCUT2D eigenvalue weighted by atomic mass is 10.4. The Bertz CT molecular complexity index is 347. The van der Waals surface area contributed by atoms with Gasteiger partial charge in [0.25, 0.3) is 5.91 Å². The van der Waals surface area contributed by atoms with Crippen molar-refractivity contribution < 1.29 is 22.8 Å². The molecule has 5 nitrogen and oxygen atoms in total. The van der Waals surface area contributed by atoms with Crippen molar-refractivity contribution in [3.63, 3.8) is 0 Å². The van der Waals surface area contributed by atoms with Gasteiger partial charge in [-0.15, -0.1) is 0 Å². The van der Waals surface area contributed by atoms with E-state index in [9.17, 15) is 18.0 Å². The normalized spacial score (nSPS) is 11.5. The van der Waals surface area contributed by atoms with E-state index < -0.39 is 18.7 Å². The minimum Gasteiger partial charge on any atom is -0.265 e. The Hall–Kier alpha value is -1.57. The summed E-state index contributed by atoms with van der Waals surface area (Å²) in [4.78, 5) is 15.1. The third kappa shape index (κ3) is 3.58. The molecule has 0 spiro atoms. The number of hydrogen-bond acceptors (Lipinski definition) is 3. The number of carbonyl (C=O) groups excluding carboxylic acids is 1. The average molecular weight is 223 g/mol. The predicted octanol–water partition coefficient (Wildman–Crippen LogP) is 0.644. The first-order valence-corrected chi connectivity index (χ1v) is 3.87. The van der Waals surface area contributed by atoms with E-state index in [0.29, 0.717) is 0 Å². The summed E-state index contributed by atoms with van der Waals surface area (Å²) < 4.78 is 36.1. The van der Waals surface area contributed by atoms with Crippen LogP contribution >= 0.6 is 0 Å². The molecule has 1 aromatic rings. The molecule has 0 saturated carbocycles. The molecule has 0 aliphatic carbocycles. The number of halogens is 3. The zero-order valence-electron chi connectivity index (χ0n) is 7.71. The maximum atomic E-state index is 11.6. The van der Waals surface area contributed by atoms with Gasteiger partial charge in [-0.1, -0.05) is 0 Å². The van der Waals surface area contributed by atoms with Crippen molar-refractivity contribution in [2.45, 2.75) is 6.18 Å². The molecule has 0 saturated heterocycles. The summed E-state index contributed by atoms with van der Waals surface area (Å²) in [6, 6.07) is 1.35. The van der Waals surface area contributed by atoms with Crippen molar-refractivity contribution in [1.82, 2.24) is 15.3 Å². The first kappa shape index (κ1) is 11.5. The van der Waals surface area contributed by atoms with Crippen molar-refractivity contribution in [2.75, 3.05) is 6.61 Å². The van der Waals surface area contributed by atoms with Crippen LogP contribution in [0.4, 0.5) is 13.2 Å². The Morgan fingerprint density at radius 2 is 2.33 bits per heavy atom. The second-order valence-electron chi connectivity index (χ2n) is 2.68. The van der Waals surface area contributed by atoms with Crippen LogP contribution in [0.5, 0.6) is 0 Å². The molecule has 0 aromatic carbocycles. The second kappa shape index (κ2) is 4.30. The van der Waals surface area contributed by atoms with Crippen molar-refractivity contribution in [2.24, 2.45) is 7.05 Å². The number of nitrogens with zero attached hydrogens (tertiary/aromatic N) is 2. The van der Waals surface area contributed by atoms with Gasteiger partial charge in [0.05, 0.1) is 0 Å². The van der Waals surface area contributed by atoms with E-state index in [4.69, 9.17) is 0 Å². The summed E-state index contributed by atoms with van der Waals surface area (Å²) in [6.45, 7) is -1.53. The van der Waals surface area contributed by atoms with Gasteiger partial charge in [-0.05, 0) is 6.07 Å². The fourth-order valence-corrected chi connectivity index (χ4v) is 0.832. The van der Waals surface area contributed by atoms with E-state index in [0.717, 1.165) is 0 Å². The molecule has 1 amide bonds. The third-order valence-electron chi connectivity index (χ3n) is 1.45. The number of amides is 1. The maximum Gasteiger partial charge on any atom is 0.414 e. The fourth-order valence-electron chi connectivity index (χ4n) is 0.832. The van der Waals surface area contributed by atoms with Crippen LogP contribution in [0.3, 0.4) is 0 Å². The van der Waals surface area contributed by atoms with Gasteiger partial charge in [-0.25, -0.2) is 5.48 Å². The van der Waals surface area contributed by atoms with Crippen molar-refractivity contribution >= 4 is 5.91 Å². The van der Waals surface area contributed by atoms with Gasteiger partial charge in [0.15, 0.2) is 6.61 Å². The van der Waals surface area contributed by atoms with Crippen LogP contribution < -0.4 is 5.48 Å². The average Bonchev–Trinajstić information content (AvgIpc) is 2.48. The molecule has 15 heavy (non-hydrogen) atoms. The molecule has 0 atom stereocenters. The summed E-state index contributed by atoms with van der Waals surface area (Å²) >= 11 is 0. The lowest BCUT2D eigenvalue weighted by Gasteiger charge is -2.07. The zero-order chi connectivity index (χ0) is 11.5. The van der Waals surface area contributed by atoms with E-state index in [2.05, 4.69) is 9.94 Å². The third-order valence-corrected chi connectivity index (χ3v) is 1.45. The number of rotatable bonds is 3. The van der Waals surface area contributed by atoms with E-state index in [1.807, 2.05) is 0 Å². The first-order chi connectivity index (χ1) is 6.90. The molecule has 84 valence electrons. The van der Waals surface area contributed by atoms with Crippen LogP contribution in [0.1, 0.15) is 10.5 Å². The van der Waals surface area contributed by atoms with Gasteiger partial charge >= 0.3 is 6.18 Å². The van der Waals surface area contributed by atoms with Crippen LogP contribution in [0.2, 0.25) is 0 Å². The quantitative estimate of drug-likeness (QED) is 0.765. The van der Waals surface area contributed by atoms with Gasteiger partial charge in [0.2, 0.25) is 0 Å². The summed E-state index contributed by atoms with van der Waals surface area (Å²) in [5.41, 5.74) is 1.77. The lowest BCUT2D eigenvalue weighted by molar-refractivity contribution is -0.184. The van der Waals surface area contributed by atoms with Crippen molar-refractivity contribution in [1.29, 1.82) is 0 Å². The smallest absolute Gasteiger partial charge is 0.265 e. The number of hydrogen-bond donors (Lipinski definition) is 1. The minimum absolute atomic E-state index is 0.108. The molecular formula is C7H8F3N3O2. The van der Waals surface area contributed by atoms with E-state index in [1.165, 1.54) is 24.0 Å². The largest absolute Gasteiger partial charge is 0.414 e. The molecular weight excluding hydrogens is 215 g/mol. The maximum absolute atomic E-state index is 11.6. The van der Waals surface area contributed by atoms with Gasteiger partial charge in [0, 0.05) is 13.2 Å². The number of hydroxylamine groups is 1. The predicted molar refractivity (Wildman–Crippen MR) is 42.7 cm³/mol. The van der Waals surface area contributed by atoms with Crippen LogP contribution in [0, 0.1) is 0 Å². The molecule has 0 fully saturated rings. The van der Waals surface area contributed by atoms with Gasteiger partial charge in [-0.2, -0.15) is 18.3 Å². The number of aryl methyl sites for hydroxylation is 1. The van der Waals surface area contributed by atoms with Gasteiger partial charge < -0.3 is 0 Å². The number of carbonyl (C=O) groups is 1. The monoisotopic (exact) mass is 223 g/mol. The van der Waals surface area contributed by atoms with E-state index in [1.54, 1.807) is 5.48 Å². The fraction of sp³-hybridized carbons (Fsp3) is 0.429. The first-order valence-electron chi connectivity index (χ1n) is 3.87. The highest BCUT2D eigenvalue weighted by atomic mass is 19.4. The van der Waals surface area contributed by atoms with Gasteiger partial charge in [0.1, 0.15) is 5.69 Å². The van der Waals surface area contributed by atoms with E-state index in [-0.39, 0.29) is 5.69 Å². The van der Waals surface area contributed by atoms with E-state index >= 15 is 0 Å². The number of alkyl halides is 3. The Morgan fingerprint density at radius 3 is 2.80 bits per heavy atom. The number of nitrogens with one attached hydrogen (secondary N) is 1. The Morgan fingerprint density at radius 1 is 1.67 bits per heavy atom. The second-order valence-corrected chi connectivity index (χ2v) is 2.68. The summed E-state index contributed by atoms with van der Waals surface area (Å²) in [5.74, 6) is -0.778. The molecule has 0 radical (unpaired) electrons. The molecule has 8 heteroatoms. The molecule has 1 N–H and O–H groups in total. The Kier molecular flexibility index (Phi) is 3.30. The Labute approximate surface area is 82.8 Å². The van der Waals surface area contributed by atoms with Crippen LogP contribution in [-0.4, -0.2) is 28.5 Å². The van der Waals surface area contributed by atoms with Crippen LogP contribution in [-0.2, 0) is 11.9 Å². The molecule has 1 rings (SSSR count). The van der Waals surface area contributed by atoms with Crippen LogP contribution in [0.25, 0.3) is 0 Å². The van der Waals surface area contributed by atoms with Gasteiger partial charge in [-0.3, -0.25) is 14.3 Å². The summed E-state index contributed by atoms with van der Waals surface area (Å²) in [5, 5.41) is 3.67.